The van der Waals surface area contributed by atoms with Gasteiger partial charge in [-0.1, -0.05) is 44.6 Å². The summed E-state index contributed by atoms with van der Waals surface area (Å²) in [7, 11) is 3.21. The van der Waals surface area contributed by atoms with E-state index in [2.05, 4.69) is 19.2 Å². The van der Waals surface area contributed by atoms with Crippen LogP contribution in [-0.4, -0.2) is 87.8 Å². The number of ether oxygens (including phenoxy) is 3. The van der Waals surface area contributed by atoms with Gasteiger partial charge in [-0.2, -0.15) is 0 Å². The van der Waals surface area contributed by atoms with Crippen molar-refractivity contribution in [2.75, 3.05) is 27.3 Å². The highest BCUT2D eigenvalue weighted by molar-refractivity contribution is 7.13. The average molecular weight is 754 g/mol. The molecule has 1 aliphatic carbocycles. The number of thiazole rings is 1. The third-order valence-electron chi connectivity index (χ3n) is 10.6. The Morgan fingerprint density at radius 2 is 1.81 bits per heavy atom. The molecule has 2 aromatic heterocycles. The van der Waals surface area contributed by atoms with Gasteiger partial charge in [0.15, 0.2) is 0 Å². The lowest BCUT2D eigenvalue weighted by Crippen LogP contribution is -2.55. The zero-order valence-electron chi connectivity index (χ0n) is 31.1. The molecular formula is C41H47N5O7S. The van der Waals surface area contributed by atoms with E-state index in [0.717, 1.165) is 53.1 Å². The molecule has 4 heterocycles. The van der Waals surface area contributed by atoms with Crippen molar-refractivity contribution in [3.05, 3.63) is 77.3 Å². The molecule has 3 amide bonds. The molecule has 3 aliphatic rings. The Labute approximate surface area is 319 Å². The number of hydrogen-bond acceptors (Lipinski definition) is 9. The fourth-order valence-corrected chi connectivity index (χ4v) is 8.29. The number of benzene rings is 2. The van der Waals surface area contributed by atoms with E-state index in [0.29, 0.717) is 42.2 Å². The molecule has 4 atom stereocenters. The van der Waals surface area contributed by atoms with E-state index in [9.17, 15) is 19.5 Å². The summed E-state index contributed by atoms with van der Waals surface area (Å²) in [6.07, 6.45) is 7.24. The topological polar surface area (TPSA) is 143 Å². The van der Waals surface area contributed by atoms with Crippen LogP contribution in [0.5, 0.6) is 17.2 Å². The average Bonchev–Trinajstić information content (AvgIpc) is 3.46. The zero-order valence-corrected chi connectivity index (χ0v) is 31.9. The number of hydrogen-bond donors (Lipinski definition) is 2. The van der Waals surface area contributed by atoms with Crippen LogP contribution in [0.2, 0.25) is 0 Å². The minimum atomic E-state index is -1.40. The van der Waals surface area contributed by atoms with Crippen LogP contribution in [0, 0.1) is 5.92 Å². The van der Waals surface area contributed by atoms with Crippen molar-refractivity contribution in [2.24, 2.45) is 5.92 Å². The molecule has 54 heavy (non-hydrogen) atoms. The number of nitrogens with zero attached hydrogens (tertiary/aromatic N) is 4. The molecule has 7 rings (SSSR count). The van der Waals surface area contributed by atoms with Crippen LogP contribution < -0.4 is 19.5 Å². The maximum Gasteiger partial charge on any atom is 0.330 e. The van der Waals surface area contributed by atoms with Crippen LogP contribution in [0.4, 0.5) is 4.79 Å². The largest absolute Gasteiger partial charge is 0.497 e. The Hall–Kier alpha value is -5.17. The molecule has 4 aromatic rings. The van der Waals surface area contributed by atoms with Crippen molar-refractivity contribution >= 4 is 40.1 Å². The predicted octanol–water partition coefficient (Wildman–Crippen LogP) is 7.03. The molecule has 0 bridgehead atoms. The second-order valence-electron chi connectivity index (χ2n) is 14.7. The van der Waals surface area contributed by atoms with Crippen molar-refractivity contribution in [3.63, 3.8) is 0 Å². The molecule has 12 nitrogen and oxygen atoms in total. The summed E-state index contributed by atoms with van der Waals surface area (Å²) in [5.41, 5.74) is 1.80. The van der Waals surface area contributed by atoms with Crippen LogP contribution in [0.15, 0.2) is 66.1 Å². The number of pyridine rings is 1. The fraction of sp³-hybridized carbons (Fsp3) is 0.439. The molecule has 13 heteroatoms. The quantitative estimate of drug-likeness (QED) is 0.172. The lowest BCUT2D eigenvalue weighted by Gasteiger charge is -2.32. The van der Waals surface area contributed by atoms with Crippen molar-refractivity contribution in [1.82, 2.24) is 25.1 Å². The Bertz CT molecular complexity index is 2050. The van der Waals surface area contributed by atoms with Gasteiger partial charge in [-0.05, 0) is 61.4 Å². The number of fused-ring (bicyclic) bond motifs is 3. The normalized spacial score (nSPS) is 23.9. The summed E-state index contributed by atoms with van der Waals surface area (Å²) < 4.78 is 17.6. The van der Waals surface area contributed by atoms with Gasteiger partial charge in [-0.15, -0.1) is 11.3 Å². The molecule has 2 N–H and O–H groups in total. The number of carboxylic acid groups (broad SMARTS) is 1. The summed E-state index contributed by atoms with van der Waals surface area (Å²) in [4.78, 5) is 54.6. The molecule has 0 radical (unpaired) electrons. The van der Waals surface area contributed by atoms with E-state index < -0.39 is 29.6 Å². The van der Waals surface area contributed by atoms with E-state index in [-0.39, 0.29) is 30.8 Å². The zero-order chi connectivity index (χ0) is 38.0. The molecule has 2 aromatic carbocycles. The Morgan fingerprint density at radius 1 is 1.04 bits per heavy atom. The SMILES string of the molecule is COc1ccc(CN2CCCCC/C=C/C3CC3(C(=O)O)NC(=O)C3CC(Oc4cc(-c5nc(C(C)C)cs5)nc5cc(OC)ccc45)CN3C2=O)cc1. The van der Waals surface area contributed by atoms with Crippen LogP contribution in [0.25, 0.3) is 21.6 Å². The summed E-state index contributed by atoms with van der Waals surface area (Å²) >= 11 is 1.51. The van der Waals surface area contributed by atoms with Crippen molar-refractivity contribution < 1.29 is 33.7 Å². The highest BCUT2D eigenvalue weighted by atomic mass is 32.1. The number of carbonyl (C=O) groups is 3. The first-order chi connectivity index (χ1) is 26.1. The van der Waals surface area contributed by atoms with Gasteiger partial charge < -0.3 is 34.4 Å². The lowest BCUT2D eigenvalue weighted by molar-refractivity contribution is -0.144. The van der Waals surface area contributed by atoms with Crippen LogP contribution >= 0.6 is 11.3 Å². The molecule has 2 fully saturated rings. The number of allylic oxidation sites excluding steroid dienone is 1. The molecule has 284 valence electrons. The molecule has 1 saturated carbocycles. The maximum atomic E-state index is 14.7. The first kappa shape index (κ1) is 37.2. The molecule has 4 unspecified atom stereocenters. The first-order valence-electron chi connectivity index (χ1n) is 18.6. The fourth-order valence-electron chi connectivity index (χ4n) is 7.35. The Balaban J connectivity index is 1.23. The summed E-state index contributed by atoms with van der Waals surface area (Å²) in [5, 5.41) is 16.7. The third-order valence-corrected chi connectivity index (χ3v) is 11.5. The number of nitrogens with one attached hydrogen (secondary N) is 1. The van der Waals surface area contributed by atoms with Crippen molar-refractivity contribution in [2.45, 2.75) is 82.5 Å². The van der Waals surface area contributed by atoms with Gasteiger partial charge in [-0.25, -0.2) is 19.6 Å². The minimum absolute atomic E-state index is 0.128. The van der Waals surface area contributed by atoms with Gasteiger partial charge >= 0.3 is 12.0 Å². The third kappa shape index (κ3) is 7.73. The Morgan fingerprint density at radius 3 is 2.54 bits per heavy atom. The number of methoxy groups -OCH3 is 2. The van der Waals surface area contributed by atoms with Crippen LogP contribution in [0.3, 0.4) is 0 Å². The van der Waals surface area contributed by atoms with E-state index in [4.69, 9.17) is 24.2 Å². The number of aromatic nitrogens is 2. The number of rotatable bonds is 9. The van der Waals surface area contributed by atoms with E-state index in [1.54, 1.807) is 24.0 Å². The summed E-state index contributed by atoms with van der Waals surface area (Å²) in [6.45, 7) is 5.16. The maximum absolute atomic E-state index is 14.7. The smallest absolute Gasteiger partial charge is 0.330 e. The second kappa shape index (κ2) is 15.7. The van der Waals surface area contributed by atoms with E-state index in [1.165, 1.54) is 11.3 Å². The number of amides is 3. The van der Waals surface area contributed by atoms with E-state index in [1.807, 2.05) is 66.1 Å². The first-order valence-corrected chi connectivity index (χ1v) is 19.5. The van der Waals surface area contributed by atoms with Crippen molar-refractivity contribution in [1.29, 1.82) is 0 Å². The standard InChI is InChI=1S/C41H47N5O7S/c1-25(2)34-24-54-38(43-34)33-20-36(31-16-15-29(52-4)18-32(31)42-33)53-30-19-35-37(47)44-41(39(48)49)21-27(41)10-8-6-5-7-9-17-45(40(50)46(35)23-30)22-26-11-13-28(51-3)14-12-26/h8,10-16,18,20,24-25,27,30,35H,5-7,9,17,19,21-23H2,1-4H3,(H,44,47)(H,48,49)/b10-8+. The lowest BCUT2D eigenvalue weighted by atomic mass is 10.1. The molecule has 1 saturated heterocycles. The second-order valence-corrected chi connectivity index (χ2v) is 15.5. The number of carbonyl (C=O) groups excluding carboxylic acids is 2. The highest BCUT2D eigenvalue weighted by Gasteiger charge is 2.61. The Kier molecular flexibility index (Phi) is 10.8. The molecule has 0 spiro atoms. The van der Waals surface area contributed by atoms with Gasteiger partial charge in [-0.3, -0.25) is 4.79 Å². The summed E-state index contributed by atoms with van der Waals surface area (Å²) in [6, 6.07) is 13.8. The van der Waals surface area contributed by atoms with Gasteiger partial charge in [0.25, 0.3) is 0 Å². The van der Waals surface area contributed by atoms with E-state index >= 15 is 0 Å². The van der Waals surface area contributed by atoms with Crippen LogP contribution in [0.1, 0.15) is 69.5 Å². The number of urea groups is 1. The predicted molar refractivity (Wildman–Crippen MR) is 206 cm³/mol. The monoisotopic (exact) mass is 753 g/mol. The molecule has 2 aliphatic heterocycles. The number of aliphatic carboxylic acids is 1. The summed E-state index contributed by atoms with van der Waals surface area (Å²) in [5.74, 6) is 0.280. The molecular weight excluding hydrogens is 707 g/mol. The van der Waals surface area contributed by atoms with Gasteiger partial charge in [0.05, 0.1) is 32.0 Å². The minimum Gasteiger partial charge on any atom is -0.497 e. The number of carboxylic acids is 1. The van der Waals surface area contributed by atoms with Gasteiger partial charge in [0.2, 0.25) is 5.91 Å². The van der Waals surface area contributed by atoms with Gasteiger partial charge in [0.1, 0.15) is 45.6 Å². The van der Waals surface area contributed by atoms with Crippen LogP contribution in [-0.2, 0) is 16.1 Å². The van der Waals surface area contributed by atoms with Crippen molar-refractivity contribution in [3.8, 4) is 28.0 Å². The van der Waals surface area contributed by atoms with Gasteiger partial charge in [0, 0.05) is 48.3 Å². The highest BCUT2D eigenvalue weighted by Crippen LogP contribution is 2.45.